The zero-order valence-corrected chi connectivity index (χ0v) is 16.1. The van der Waals surface area contributed by atoms with E-state index in [1.165, 1.54) is 0 Å². The van der Waals surface area contributed by atoms with Gasteiger partial charge in [0.15, 0.2) is 0 Å². The summed E-state index contributed by atoms with van der Waals surface area (Å²) < 4.78 is 0. The highest BCUT2D eigenvalue weighted by atomic mass is 16.2. The third-order valence-corrected chi connectivity index (χ3v) is 5.16. The number of anilines is 1. The number of carbonyl (C=O) groups excluding carboxylic acids is 3. The summed E-state index contributed by atoms with van der Waals surface area (Å²) in [7, 11) is 1.81. The second-order valence-corrected chi connectivity index (χ2v) is 7.07. The molecule has 142 valence electrons. The summed E-state index contributed by atoms with van der Waals surface area (Å²) in [6.45, 7) is 6.41. The van der Waals surface area contributed by atoms with Crippen LogP contribution in [0, 0.1) is 5.92 Å². The summed E-state index contributed by atoms with van der Waals surface area (Å²) in [6.07, 6.45) is 2.70. The van der Waals surface area contributed by atoms with Crippen molar-refractivity contribution in [2.75, 3.05) is 18.9 Å². The molecule has 1 aromatic rings. The SMILES string of the molecule is CCC(C)C(=O)N(C)C(C)CCNC(=O)c1ccc2c(c1)NC(=O)CC2. The van der Waals surface area contributed by atoms with Crippen LogP contribution in [-0.2, 0) is 16.0 Å². The topological polar surface area (TPSA) is 78.5 Å². The minimum atomic E-state index is -0.171. The highest BCUT2D eigenvalue weighted by Gasteiger charge is 2.20. The van der Waals surface area contributed by atoms with Crippen LogP contribution in [0.4, 0.5) is 5.69 Å². The molecule has 6 heteroatoms. The van der Waals surface area contributed by atoms with Crippen LogP contribution in [0.25, 0.3) is 0 Å². The van der Waals surface area contributed by atoms with Gasteiger partial charge >= 0.3 is 0 Å². The Hall–Kier alpha value is -2.37. The summed E-state index contributed by atoms with van der Waals surface area (Å²) >= 11 is 0. The van der Waals surface area contributed by atoms with E-state index in [4.69, 9.17) is 0 Å². The van der Waals surface area contributed by atoms with Gasteiger partial charge in [-0.15, -0.1) is 0 Å². The number of nitrogens with zero attached hydrogens (tertiary/aromatic N) is 1. The molecule has 0 spiro atoms. The lowest BCUT2D eigenvalue weighted by molar-refractivity contribution is -0.135. The van der Waals surface area contributed by atoms with Crippen molar-refractivity contribution in [1.82, 2.24) is 10.2 Å². The maximum absolute atomic E-state index is 12.3. The molecular weight excluding hydrogens is 330 g/mol. The van der Waals surface area contributed by atoms with Crippen molar-refractivity contribution in [3.63, 3.8) is 0 Å². The van der Waals surface area contributed by atoms with Gasteiger partial charge in [-0.05, 0) is 43.9 Å². The van der Waals surface area contributed by atoms with E-state index in [-0.39, 0.29) is 29.7 Å². The average Bonchev–Trinajstić information content (AvgIpc) is 2.65. The largest absolute Gasteiger partial charge is 0.352 e. The zero-order chi connectivity index (χ0) is 19.3. The minimum absolute atomic E-state index is 0.0158. The summed E-state index contributed by atoms with van der Waals surface area (Å²) in [6, 6.07) is 5.46. The van der Waals surface area contributed by atoms with Gasteiger partial charge in [-0.25, -0.2) is 0 Å². The molecule has 0 aliphatic carbocycles. The fraction of sp³-hybridized carbons (Fsp3) is 0.550. The molecule has 0 saturated heterocycles. The number of hydrogen-bond acceptors (Lipinski definition) is 3. The molecule has 6 nitrogen and oxygen atoms in total. The van der Waals surface area contributed by atoms with E-state index in [0.29, 0.717) is 31.4 Å². The van der Waals surface area contributed by atoms with E-state index in [1.807, 2.05) is 33.9 Å². The predicted molar refractivity (Wildman–Crippen MR) is 102 cm³/mol. The van der Waals surface area contributed by atoms with Gasteiger partial charge in [-0.2, -0.15) is 0 Å². The number of fused-ring (bicyclic) bond motifs is 1. The molecule has 26 heavy (non-hydrogen) atoms. The Labute approximate surface area is 155 Å². The van der Waals surface area contributed by atoms with Crippen LogP contribution in [0.2, 0.25) is 0 Å². The summed E-state index contributed by atoms with van der Waals surface area (Å²) in [4.78, 5) is 37.8. The van der Waals surface area contributed by atoms with Crippen molar-refractivity contribution in [2.24, 2.45) is 5.92 Å². The molecular formula is C20H29N3O3. The van der Waals surface area contributed by atoms with Gasteiger partial charge in [0.2, 0.25) is 11.8 Å². The van der Waals surface area contributed by atoms with E-state index in [0.717, 1.165) is 17.7 Å². The Morgan fingerprint density at radius 1 is 1.27 bits per heavy atom. The second kappa shape index (κ2) is 8.83. The van der Waals surface area contributed by atoms with Crippen molar-refractivity contribution >= 4 is 23.4 Å². The predicted octanol–water partition coefficient (Wildman–Crippen LogP) is 2.58. The molecule has 0 radical (unpaired) electrons. The Morgan fingerprint density at radius 3 is 2.69 bits per heavy atom. The molecule has 3 amide bonds. The Morgan fingerprint density at radius 2 is 2.00 bits per heavy atom. The fourth-order valence-electron chi connectivity index (χ4n) is 2.94. The number of carbonyl (C=O) groups is 3. The average molecular weight is 359 g/mol. The lowest BCUT2D eigenvalue weighted by atomic mass is 10.0. The maximum Gasteiger partial charge on any atom is 0.251 e. The van der Waals surface area contributed by atoms with Crippen molar-refractivity contribution in [3.8, 4) is 0 Å². The van der Waals surface area contributed by atoms with Crippen LogP contribution in [0.5, 0.6) is 0 Å². The molecule has 2 unspecified atom stereocenters. The van der Waals surface area contributed by atoms with Crippen LogP contribution < -0.4 is 10.6 Å². The first-order valence-corrected chi connectivity index (χ1v) is 9.31. The zero-order valence-electron chi connectivity index (χ0n) is 16.1. The monoisotopic (exact) mass is 359 g/mol. The fourth-order valence-corrected chi connectivity index (χ4v) is 2.94. The number of amides is 3. The first kappa shape index (κ1) is 19.9. The first-order valence-electron chi connectivity index (χ1n) is 9.31. The second-order valence-electron chi connectivity index (χ2n) is 7.07. The van der Waals surface area contributed by atoms with Crippen molar-refractivity contribution in [3.05, 3.63) is 29.3 Å². The Kier molecular flexibility index (Phi) is 6.77. The third-order valence-electron chi connectivity index (χ3n) is 5.16. The summed E-state index contributed by atoms with van der Waals surface area (Å²) in [5.41, 5.74) is 2.31. The van der Waals surface area contributed by atoms with E-state index in [2.05, 4.69) is 10.6 Å². The van der Waals surface area contributed by atoms with Gasteiger partial charge in [0, 0.05) is 43.2 Å². The first-order chi connectivity index (χ1) is 12.3. The molecule has 2 rings (SSSR count). The third kappa shape index (κ3) is 4.84. The molecule has 1 heterocycles. The van der Waals surface area contributed by atoms with Gasteiger partial charge in [0.25, 0.3) is 5.91 Å². The Balaban J connectivity index is 1.86. The van der Waals surface area contributed by atoms with Crippen LogP contribution in [-0.4, -0.2) is 42.3 Å². The molecule has 2 N–H and O–H groups in total. The van der Waals surface area contributed by atoms with Crippen LogP contribution >= 0.6 is 0 Å². The van der Waals surface area contributed by atoms with Crippen LogP contribution in [0.1, 0.15) is 56.0 Å². The van der Waals surface area contributed by atoms with Gasteiger partial charge in [-0.1, -0.05) is 19.9 Å². The molecule has 0 saturated carbocycles. The summed E-state index contributed by atoms with van der Waals surface area (Å²) in [5, 5.41) is 5.71. The van der Waals surface area contributed by atoms with E-state index in [9.17, 15) is 14.4 Å². The van der Waals surface area contributed by atoms with Gasteiger partial charge in [0.05, 0.1) is 0 Å². The minimum Gasteiger partial charge on any atom is -0.352 e. The quantitative estimate of drug-likeness (QED) is 0.785. The normalized spacial score (nSPS) is 15.5. The van der Waals surface area contributed by atoms with Gasteiger partial charge < -0.3 is 15.5 Å². The molecule has 1 aliphatic rings. The maximum atomic E-state index is 12.3. The molecule has 0 fully saturated rings. The van der Waals surface area contributed by atoms with E-state index >= 15 is 0 Å². The molecule has 0 bridgehead atoms. The standard InChI is InChI=1S/C20H29N3O3/c1-5-13(2)20(26)23(4)14(3)10-11-21-19(25)16-7-6-15-8-9-18(24)22-17(15)12-16/h6-7,12-14H,5,8-11H2,1-4H3,(H,21,25)(H,22,24). The number of benzene rings is 1. The lowest BCUT2D eigenvalue weighted by Crippen LogP contribution is -2.40. The van der Waals surface area contributed by atoms with Crippen molar-refractivity contribution in [2.45, 2.75) is 52.5 Å². The number of nitrogens with one attached hydrogen (secondary N) is 2. The highest BCUT2D eigenvalue weighted by Crippen LogP contribution is 2.23. The number of aryl methyl sites for hydroxylation is 1. The van der Waals surface area contributed by atoms with Crippen molar-refractivity contribution < 1.29 is 14.4 Å². The molecule has 2 atom stereocenters. The van der Waals surface area contributed by atoms with Crippen LogP contribution in [0.3, 0.4) is 0 Å². The van der Waals surface area contributed by atoms with E-state index < -0.39 is 0 Å². The highest BCUT2D eigenvalue weighted by molar-refractivity contribution is 5.98. The van der Waals surface area contributed by atoms with Gasteiger partial charge in [-0.3, -0.25) is 14.4 Å². The molecule has 1 aromatic carbocycles. The summed E-state index contributed by atoms with van der Waals surface area (Å²) in [5.74, 6) is -0.0341. The number of hydrogen-bond donors (Lipinski definition) is 2. The molecule has 1 aliphatic heterocycles. The van der Waals surface area contributed by atoms with Crippen LogP contribution in [0.15, 0.2) is 18.2 Å². The number of rotatable bonds is 7. The Bertz CT molecular complexity index is 687. The lowest BCUT2D eigenvalue weighted by Gasteiger charge is -2.27. The van der Waals surface area contributed by atoms with E-state index in [1.54, 1.807) is 17.0 Å². The van der Waals surface area contributed by atoms with Gasteiger partial charge in [0.1, 0.15) is 0 Å². The van der Waals surface area contributed by atoms with Crippen molar-refractivity contribution in [1.29, 1.82) is 0 Å². The molecule has 0 aromatic heterocycles. The smallest absolute Gasteiger partial charge is 0.251 e.